The molecule has 14 nitrogen and oxygen atoms in total. The van der Waals surface area contributed by atoms with Gasteiger partial charge in [0.1, 0.15) is 35.7 Å². The average Bonchev–Trinajstić information content (AvgIpc) is 3.40. The first-order chi connectivity index (χ1) is 20.5. The number of aromatic nitrogens is 1. The van der Waals surface area contributed by atoms with Crippen molar-refractivity contribution in [3.63, 3.8) is 0 Å². The van der Waals surface area contributed by atoms with Crippen molar-refractivity contribution < 1.29 is 40.9 Å². The summed E-state index contributed by atoms with van der Waals surface area (Å²) in [5, 5.41) is 13.8. The summed E-state index contributed by atoms with van der Waals surface area (Å²) in [5.74, 6) is 0.698. The van der Waals surface area contributed by atoms with Crippen LogP contribution in [-0.4, -0.2) is 116 Å². The third-order valence-corrected chi connectivity index (χ3v) is 11.4. The lowest BCUT2D eigenvalue weighted by Crippen LogP contribution is -2.47. The molecule has 0 radical (unpaired) electrons. The number of likely N-dealkylation sites (N-methyl/N-ethyl adjacent to an activating group) is 1. The Morgan fingerprint density at radius 3 is 2.67 bits per heavy atom. The normalized spacial score (nSPS) is 21.3. The minimum absolute atomic E-state index is 0.00830. The molecule has 2 fully saturated rings. The number of rotatable bonds is 11. The van der Waals surface area contributed by atoms with E-state index in [4.69, 9.17) is 18.9 Å². The van der Waals surface area contributed by atoms with Crippen LogP contribution in [0.3, 0.4) is 0 Å². The molecular formula is C27H39N5O9S2. The van der Waals surface area contributed by atoms with E-state index >= 15 is 0 Å². The summed E-state index contributed by atoms with van der Waals surface area (Å²) >= 11 is 0. The van der Waals surface area contributed by atoms with Gasteiger partial charge in [0.2, 0.25) is 31.8 Å². The second-order valence-corrected chi connectivity index (χ2v) is 14.7. The number of piperidine rings is 1. The molecule has 0 unspecified atom stereocenters. The Hall–Kier alpha value is -2.73. The zero-order valence-electron chi connectivity index (χ0n) is 24.5. The number of aliphatic hydroxyl groups is 1. The Balaban J connectivity index is 1.12. The highest BCUT2D eigenvalue weighted by Gasteiger charge is 2.45. The number of nitrogens with zero attached hydrogens (tertiary/aromatic N) is 3. The lowest BCUT2D eigenvalue weighted by Gasteiger charge is -2.38. The molecule has 5 rings (SSSR count). The van der Waals surface area contributed by atoms with Gasteiger partial charge in [-0.1, -0.05) is 6.07 Å². The Labute approximate surface area is 252 Å². The number of methoxy groups -OCH3 is 1. The number of aliphatic hydroxyl groups excluding tert-OH is 1. The molecule has 0 amide bonds. The number of fused-ring (bicyclic) bond motifs is 1. The molecule has 1 aromatic carbocycles. The average molecular weight is 642 g/mol. The van der Waals surface area contributed by atoms with Crippen molar-refractivity contribution in [1.29, 1.82) is 0 Å². The number of anilines is 1. The lowest BCUT2D eigenvalue weighted by atomic mass is 9.88. The van der Waals surface area contributed by atoms with Gasteiger partial charge in [0.25, 0.3) is 0 Å². The Morgan fingerprint density at radius 1 is 1.19 bits per heavy atom. The topological polar surface area (TPSA) is 169 Å². The molecule has 1 aromatic heterocycles. The highest BCUT2D eigenvalue weighted by atomic mass is 32.2. The van der Waals surface area contributed by atoms with Gasteiger partial charge in [-0.2, -0.15) is 9.29 Å². The predicted molar refractivity (Wildman–Crippen MR) is 157 cm³/mol. The van der Waals surface area contributed by atoms with Crippen LogP contribution in [0.15, 0.2) is 40.1 Å². The van der Waals surface area contributed by atoms with E-state index in [1.54, 1.807) is 18.2 Å². The van der Waals surface area contributed by atoms with Crippen LogP contribution in [0, 0.1) is 0 Å². The number of pyridine rings is 1. The van der Waals surface area contributed by atoms with Crippen LogP contribution >= 0.6 is 0 Å². The molecule has 0 saturated carbocycles. The van der Waals surface area contributed by atoms with E-state index in [0.29, 0.717) is 69.4 Å². The van der Waals surface area contributed by atoms with E-state index in [2.05, 4.69) is 15.0 Å². The van der Waals surface area contributed by atoms with Crippen LogP contribution in [-0.2, 0) is 24.8 Å². The van der Waals surface area contributed by atoms with E-state index < -0.39 is 31.8 Å². The van der Waals surface area contributed by atoms with E-state index in [0.717, 1.165) is 0 Å². The first kappa shape index (κ1) is 31.7. The van der Waals surface area contributed by atoms with Gasteiger partial charge in [-0.05, 0) is 44.5 Å². The molecule has 2 saturated heterocycles. The number of nitrogens with one attached hydrogen (secondary N) is 2. The minimum atomic E-state index is -3.88. The van der Waals surface area contributed by atoms with Gasteiger partial charge in [0.05, 0.1) is 30.8 Å². The summed E-state index contributed by atoms with van der Waals surface area (Å²) in [6, 6.07) is 7.62. The number of hydrogen-bond donors (Lipinski definition) is 3. The Kier molecular flexibility index (Phi) is 9.37. The van der Waals surface area contributed by atoms with Crippen LogP contribution < -0.4 is 29.1 Å². The fraction of sp³-hybridized carbons (Fsp3) is 0.593. The van der Waals surface area contributed by atoms with Gasteiger partial charge < -0.3 is 34.3 Å². The van der Waals surface area contributed by atoms with Crippen molar-refractivity contribution in [3.05, 3.63) is 30.3 Å². The summed E-state index contributed by atoms with van der Waals surface area (Å²) in [6.45, 7) is 2.34. The first-order valence-electron chi connectivity index (χ1n) is 14.1. The van der Waals surface area contributed by atoms with Crippen molar-refractivity contribution in [2.45, 2.75) is 46.8 Å². The summed E-state index contributed by atoms with van der Waals surface area (Å²) in [6.07, 6.45) is 0.916. The quantitative estimate of drug-likeness (QED) is 0.305. The van der Waals surface area contributed by atoms with Gasteiger partial charge in [-0.25, -0.2) is 21.6 Å². The summed E-state index contributed by atoms with van der Waals surface area (Å²) in [4.78, 5) is 6.33. The summed E-state index contributed by atoms with van der Waals surface area (Å²) < 4.78 is 77.8. The van der Waals surface area contributed by atoms with Crippen molar-refractivity contribution in [2.24, 2.45) is 0 Å². The van der Waals surface area contributed by atoms with E-state index in [-0.39, 0.29) is 34.9 Å². The summed E-state index contributed by atoms with van der Waals surface area (Å²) in [7, 11) is -2.88. The standard InChI is InChI=1S/C27H39N5O9S2/c1-28-42(34,35)22-6-4-5-21(13-22)40-18-20(33)16-29-19-15-27(41-17-19)7-9-32(10-8-27)43(36,37)24-14-23-25(30-26(24)38-3)39-12-11-31(23)2/h4-6,13-14,19-20,28-29,33H,7-12,15-18H2,1-3H3/t19-,20+/m1/s1. The predicted octanol–water partition coefficient (Wildman–Crippen LogP) is 0.169. The molecule has 3 aliphatic heterocycles. The summed E-state index contributed by atoms with van der Waals surface area (Å²) in [5.41, 5.74) is 0.159. The van der Waals surface area contributed by atoms with Crippen LogP contribution in [0.5, 0.6) is 17.5 Å². The molecule has 0 aliphatic carbocycles. The van der Waals surface area contributed by atoms with Crippen LogP contribution in [0.1, 0.15) is 19.3 Å². The Bertz CT molecular complexity index is 1510. The van der Waals surface area contributed by atoms with E-state index in [1.807, 2.05) is 11.9 Å². The molecule has 3 aliphatic rings. The third-order valence-electron chi connectivity index (χ3n) is 8.10. The molecular weight excluding hydrogens is 602 g/mol. The van der Waals surface area contributed by atoms with Gasteiger partial charge >= 0.3 is 0 Å². The maximum Gasteiger partial charge on any atom is 0.248 e. The second-order valence-electron chi connectivity index (χ2n) is 10.9. The molecule has 0 bridgehead atoms. The van der Waals surface area contributed by atoms with Crippen molar-refractivity contribution in [2.75, 3.05) is 72.1 Å². The number of hydrogen-bond acceptors (Lipinski definition) is 12. The van der Waals surface area contributed by atoms with Crippen molar-refractivity contribution >= 4 is 25.7 Å². The van der Waals surface area contributed by atoms with Gasteiger partial charge in [-0.3, -0.25) is 0 Å². The highest BCUT2D eigenvalue weighted by molar-refractivity contribution is 7.89. The molecule has 2 aromatic rings. The van der Waals surface area contributed by atoms with Gasteiger partial charge in [0, 0.05) is 38.8 Å². The minimum Gasteiger partial charge on any atom is -0.491 e. The SMILES string of the molecule is CNS(=O)(=O)c1cccc(OC[C@@H](O)CN[C@H]2COC3(CCN(S(=O)(=O)c4cc5c(nc4OC)OCCN5C)CC3)C2)c1. The third kappa shape index (κ3) is 6.84. The molecule has 2 atom stereocenters. The van der Waals surface area contributed by atoms with Crippen LogP contribution in [0.4, 0.5) is 5.69 Å². The van der Waals surface area contributed by atoms with Gasteiger partial charge in [0.15, 0.2) is 0 Å². The lowest BCUT2D eigenvalue weighted by molar-refractivity contribution is -0.0312. The Morgan fingerprint density at radius 2 is 1.95 bits per heavy atom. The van der Waals surface area contributed by atoms with Crippen LogP contribution in [0.25, 0.3) is 0 Å². The fourth-order valence-corrected chi connectivity index (χ4v) is 7.88. The fourth-order valence-electron chi connectivity index (χ4n) is 5.56. The zero-order valence-corrected chi connectivity index (χ0v) is 26.1. The first-order valence-corrected chi connectivity index (χ1v) is 17.0. The number of benzene rings is 1. The highest BCUT2D eigenvalue weighted by Crippen LogP contribution is 2.40. The molecule has 4 heterocycles. The second kappa shape index (κ2) is 12.7. The maximum atomic E-state index is 13.7. The molecule has 16 heteroatoms. The monoisotopic (exact) mass is 641 g/mol. The van der Waals surface area contributed by atoms with Crippen molar-refractivity contribution in [1.82, 2.24) is 19.3 Å². The van der Waals surface area contributed by atoms with Crippen LogP contribution in [0.2, 0.25) is 0 Å². The molecule has 43 heavy (non-hydrogen) atoms. The number of ether oxygens (including phenoxy) is 4. The molecule has 3 N–H and O–H groups in total. The van der Waals surface area contributed by atoms with E-state index in [9.17, 15) is 21.9 Å². The largest absolute Gasteiger partial charge is 0.491 e. The molecule has 238 valence electrons. The number of sulfonamides is 2. The zero-order chi connectivity index (χ0) is 30.8. The molecule has 1 spiro atoms. The smallest absolute Gasteiger partial charge is 0.248 e. The van der Waals surface area contributed by atoms with E-state index in [1.165, 1.54) is 30.6 Å². The maximum absolute atomic E-state index is 13.7. The van der Waals surface area contributed by atoms with Gasteiger partial charge in [-0.15, -0.1) is 0 Å². The van der Waals surface area contributed by atoms with Crippen molar-refractivity contribution in [3.8, 4) is 17.5 Å².